The van der Waals surface area contributed by atoms with Crippen LogP contribution in [0.5, 0.6) is 0 Å². The summed E-state index contributed by atoms with van der Waals surface area (Å²) >= 11 is 0. The van der Waals surface area contributed by atoms with Crippen molar-refractivity contribution in [2.24, 2.45) is 0 Å². The molecule has 0 radical (unpaired) electrons. The van der Waals surface area contributed by atoms with Crippen molar-refractivity contribution < 1.29 is 24.5 Å². The van der Waals surface area contributed by atoms with E-state index in [0.717, 1.165) is 44.9 Å². The van der Waals surface area contributed by atoms with Crippen LogP contribution >= 0.6 is 0 Å². The molecule has 0 aliphatic rings. The van der Waals surface area contributed by atoms with E-state index in [0.29, 0.717) is 19.4 Å². The van der Waals surface area contributed by atoms with E-state index in [9.17, 15) is 19.8 Å². The highest BCUT2D eigenvalue weighted by atomic mass is 16.5. The molecule has 84 heavy (non-hydrogen) atoms. The van der Waals surface area contributed by atoms with Crippen LogP contribution in [0.15, 0.2) is 36.5 Å². The number of hydrogen-bond acceptors (Lipinski definition) is 5. The summed E-state index contributed by atoms with van der Waals surface area (Å²) in [7, 11) is 0. The van der Waals surface area contributed by atoms with Gasteiger partial charge in [0.2, 0.25) is 5.91 Å². The van der Waals surface area contributed by atoms with Crippen LogP contribution < -0.4 is 5.32 Å². The van der Waals surface area contributed by atoms with Gasteiger partial charge >= 0.3 is 5.97 Å². The van der Waals surface area contributed by atoms with E-state index >= 15 is 0 Å². The molecule has 0 saturated heterocycles. The Kier molecular flexibility index (Phi) is 71.9. The average Bonchev–Trinajstić information content (AvgIpc) is 3.51. The minimum atomic E-state index is -0.843. The Morgan fingerprint density at radius 1 is 0.321 bits per heavy atom. The van der Waals surface area contributed by atoms with Crippen molar-refractivity contribution in [2.45, 2.75) is 437 Å². The Morgan fingerprint density at radius 3 is 0.857 bits per heavy atom. The molecule has 0 aromatic carbocycles. The van der Waals surface area contributed by atoms with Gasteiger partial charge < -0.3 is 20.3 Å². The number of carbonyl (C=O) groups is 2. The fourth-order valence-corrected chi connectivity index (χ4v) is 12.0. The normalized spacial score (nSPS) is 12.7. The molecule has 0 rings (SSSR count). The molecule has 496 valence electrons. The topological polar surface area (TPSA) is 95.9 Å². The molecule has 0 aromatic rings. The molecule has 0 heterocycles. The molecule has 3 N–H and O–H groups in total. The first-order valence-corrected chi connectivity index (χ1v) is 38.3. The van der Waals surface area contributed by atoms with E-state index in [1.54, 1.807) is 6.08 Å². The summed E-state index contributed by atoms with van der Waals surface area (Å²) in [6.45, 7) is 4.93. The van der Waals surface area contributed by atoms with Gasteiger partial charge in [-0.1, -0.05) is 365 Å². The Hall–Kier alpha value is -1.92. The fourth-order valence-electron chi connectivity index (χ4n) is 12.0. The smallest absolute Gasteiger partial charge is 0.305 e. The number of unbranched alkanes of at least 4 members (excludes halogenated alkanes) is 57. The minimum Gasteiger partial charge on any atom is -0.466 e. The number of ether oxygens (including phenoxy) is 1. The summed E-state index contributed by atoms with van der Waals surface area (Å²) in [5, 5.41) is 23.3. The standard InChI is InChI=1S/C78H149NO5/c1-3-5-7-9-11-13-15-17-18-19-20-34-37-40-43-47-50-54-58-62-66-70-76(81)75(74-80)79-77(82)71-67-63-59-55-51-48-44-41-38-35-32-30-28-26-24-22-21-23-25-27-29-31-33-36-39-42-45-49-53-57-61-65-69-73-84-78(83)72-68-64-60-56-52-46-16-14-12-10-8-6-4-2/h14,16,25,27,66,70,75-76,80-81H,3-13,15,17-24,26,28-65,67-69,71-74H2,1-2H3,(H,79,82)/b16-14-,27-25-,70-66+. The zero-order chi connectivity index (χ0) is 60.6. The molecular formula is C78H149NO5. The maximum absolute atomic E-state index is 12.5. The highest BCUT2D eigenvalue weighted by molar-refractivity contribution is 5.76. The molecule has 2 unspecified atom stereocenters. The molecule has 0 spiro atoms. The van der Waals surface area contributed by atoms with E-state index in [1.165, 1.54) is 353 Å². The second-order valence-corrected chi connectivity index (χ2v) is 26.3. The molecule has 1 amide bonds. The fraction of sp³-hybridized carbons (Fsp3) is 0.897. The Balaban J connectivity index is 3.38. The van der Waals surface area contributed by atoms with Crippen molar-refractivity contribution in [3.8, 4) is 0 Å². The van der Waals surface area contributed by atoms with Gasteiger partial charge in [0, 0.05) is 12.8 Å². The zero-order valence-corrected chi connectivity index (χ0v) is 56.9. The second kappa shape index (κ2) is 73.5. The minimum absolute atomic E-state index is 0.00966. The third-order valence-corrected chi connectivity index (χ3v) is 17.9. The molecule has 0 fully saturated rings. The van der Waals surface area contributed by atoms with Gasteiger partial charge in [0.15, 0.2) is 0 Å². The maximum Gasteiger partial charge on any atom is 0.305 e. The zero-order valence-electron chi connectivity index (χ0n) is 56.9. The second-order valence-electron chi connectivity index (χ2n) is 26.3. The van der Waals surface area contributed by atoms with Crippen LogP contribution in [0.4, 0.5) is 0 Å². The van der Waals surface area contributed by atoms with E-state index in [2.05, 4.69) is 43.5 Å². The molecule has 0 aliphatic carbocycles. The predicted octanol–water partition coefficient (Wildman–Crippen LogP) is 25.0. The summed E-state index contributed by atoms with van der Waals surface area (Å²) in [6, 6.07) is -0.627. The molecule has 0 aromatic heterocycles. The number of hydrogen-bond donors (Lipinski definition) is 3. The average molecular weight is 1180 g/mol. The summed E-state index contributed by atoms with van der Waals surface area (Å²) in [6.07, 6.45) is 95.4. The first-order valence-electron chi connectivity index (χ1n) is 38.3. The van der Waals surface area contributed by atoms with Crippen LogP contribution in [-0.4, -0.2) is 47.4 Å². The monoisotopic (exact) mass is 1180 g/mol. The lowest BCUT2D eigenvalue weighted by molar-refractivity contribution is -0.143. The molecule has 0 saturated carbocycles. The number of allylic oxidation sites excluding steroid dienone is 5. The number of aliphatic hydroxyl groups is 2. The van der Waals surface area contributed by atoms with Crippen molar-refractivity contribution in [1.29, 1.82) is 0 Å². The summed E-state index contributed by atoms with van der Waals surface area (Å²) in [5.41, 5.74) is 0. The van der Waals surface area contributed by atoms with E-state index in [4.69, 9.17) is 4.74 Å². The summed E-state index contributed by atoms with van der Waals surface area (Å²) < 4.78 is 5.48. The van der Waals surface area contributed by atoms with Gasteiger partial charge in [-0.3, -0.25) is 9.59 Å². The largest absolute Gasteiger partial charge is 0.466 e. The van der Waals surface area contributed by atoms with Crippen molar-refractivity contribution in [3.05, 3.63) is 36.5 Å². The van der Waals surface area contributed by atoms with Crippen molar-refractivity contribution in [2.75, 3.05) is 13.2 Å². The first-order chi connectivity index (χ1) is 41.5. The molecule has 6 nitrogen and oxygen atoms in total. The molecule has 2 atom stereocenters. The van der Waals surface area contributed by atoms with Crippen LogP contribution in [0.2, 0.25) is 0 Å². The lowest BCUT2D eigenvalue weighted by Crippen LogP contribution is -2.45. The van der Waals surface area contributed by atoms with E-state index in [-0.39, 0.29) is 18.5 Å². The van der Waals surface area contributed by atoms with Crippen LogP contribution in [-0.2, 0) is 14.3 Å². The number of amides is 1. The molecule has 0 bridgehead atoms. The third kappa shape index (κ3) is 69.2. The highest BCUT2D eigenvalue weighted by Crippen LogP contribution is 2.19. The Bertz CT molecular complexity index is 1360. The lowest BCUT2D eigenvalue weighted by Gasteiger charge is -2.20. The SMILES string of the molecule is CCCCCC/C=C\CCCCCCCC(=O)OCCCCCCCCCCCCCC/C=C\CCCCCCCCCCCCCCCCCCCC(=O)NC(CO)C(O)/C=C/CCCCCCCCCCCCCCCCCCCCC. The van der Waals surface area contributed by atoms with Gasteiger partial charge in [-0.2, -0.15) is 0 Å². The summed E-state index contributed by atoms with van der Waals surface area (Å²) in [4.78, 5) is 24.6. The van der Waals surface area contributed by atoms with Gasteiger partial charge in [-0.25, -0.2) is 0 Å². The molecular weight excluding hydrogens is 1030 g/mol. The van der Waals surface area contributed by atoms with Crippen LogP contribution in [0.1, 0.15) is 425 Å². The third-order valence-electron chi connectivity index (χ3n) is 17.9. The van der Waals surface area contributed by atoms with Gasteiger partial charge in [0.25, 0.3) is 0 Å². The van der Waals surface area contributed by atoms with Crippen LogP contribution in [0.3, 0.4) is 0 Å². The number of aliphatic hydroxyl groups excluding tert-OH is 2. The van der Waals surface area contributed by atoms with Crippen LogP contribution in [0.25, 0.3) is 0 Å². The number of esters is 1. The summed E-state index contributed by atoms with van der Waals surface area (Å²) in [5.74, 6) is -0.0510. The van der Waals surface area contributed by atoms with E-state index < -0.39 is 12.1 Å². The molecule has 6 heteroatoms. The number of nitrogens with one attached hydrogen (secondary N) is 1. The van der Waals surface area contributed by atoms with Crippen molar-refractivity contribution in [3.63, 3.8) is 0 Å². The predicted molar refractivity (Wildman–Crippen MR) is 370 cm³/mol. The van der Waals surface area contributed by atoms with Crippen LogP contribution in [0, 0.1) is 0 Å². The van der Waals surface area contributed by atoms with Crippen molar-refractivity contribution in [1.82, 2.24) is 5.32 Å². The van der Waals surface area contributed by atoms with Crippen molar-refractivity contribution >= 4 is 11.9 Å². The van der Waals surface area contributed by atoms with Gasteiger partial charge in [0.1, 0.15) is 0 Å². The number of carbonyl (C=O) groups excluding carboxylic acids is 2. The maximum atomic E-state index is 12.5. The van der Waals surface area contributed by atoms with Gasteiger partial charge in [-0.05, 0) is 83.5 Å². The van der Waals surface area contributed by atoms with Gasteiger partial charge in [0.05, 0.1) is 25.4 Å². The first kappa shape index (κ1) is 82.1. The van der Waals surface area contributed by atoms with Gasteiger partial charge in [-0.15, -0.1) is 0 Å². The van der Waals surface area contributed by atoms with E-state index in [1.807, 2.05) is 6.08 Å². The quantitative estimate of drug-likeness (QED) is 0.0320. The number of rotatable bonds is 72. The Morgan fingerprint density at radius 2 is 0.560 bits per heavy atom. The lowest BCUT2D eigenvalue weighted by atomic mass is 10.0. The molecule has 0 aliphatic heterocycles. The highest BCUT2D eigenvalue weighted by Gasteiger charge is 2.18. The Labute approximate surface area is 525 Å².